The van der Waals surface area contributed by atoms with Crippen LogP contribution in [0.15, 0.2) is 96.0 Å². The molecule has 0 atom stereocenters. The van der Waals surface area contributed by atoms with Gasteiger partial charge < -0.3 is 11.5 Å². The Hall–Kier alpha value is -3.16. The first kappa shape index (κ1) is 23.1. The molecule has 1 aromatic carbocycles. The van der Waals surface area contributed by atoms with Crippen LogP contribution in [0, 0.1) is 13.0 Å². The molecule has 1 aliphatic carbocycles. The Morgan fingerprint density at radius 3 is 2.33 bits per heavy atom. The van der Waals surface area contributed by atoms with Crippen molar-refractivity contribution < 1.29 is 0 Å². The fourth-order valence-electron chi connectivity index (χ4n) is 1.28. The first-order valence-corrected chi connectivity index (χ1v) is 6.93. The maximum atomic E-state index is 5.46. The van der Waals surface area contributed by atoms with Crippen LogP contribution in [0.4, 0.5) is 5.69 Å². The van der Waals surface area contributed by atoms with E-state index in [4.69, 9.17) is 11.5 Å². The second-order valence-corrected chi connectivity index (χ2v) is 4.23. The quantitative estimate of drug-likeness (QED) is 0.486. The van der Waals surface area contributed by atoms with Crippen LogP contribution in [0.25, 0.3) is 0 Å². The summed E-state index contributed by atoms with van der Waals surface area (Å²) in [5, 5.41) is 0. The van der Waals surface area contributed by atoms with E-state index in [0.29, 0.717) is 6.54 Å². The van der Waals surface area contributed by atoms with Gasteiger partial charge in [0.05, 0.1) is 6.08 Å². The lowest BCUT2D eigenvalue weighted by molar-refractivity contribution is 1.19. The van der Waals surface area contributed by atoms with E-state index in [0.717, 1.165) is 11.3 Å². The van der Waals surface area contributed by atoms with E-state index in [-0.39, 0.29) is 7.43 Å². The number of nitrogen functional groups attached to an aromatic ring is 1. The molecule has 0 saturated carbocycles. The van der Waals surface area contributed by atoms with Gasteiger partial charge in [-0.05, 0) is 47.4 Å². The van der Waals surface area contributed by atoms with Crippen LogP contribution in [0.3, 0.4) is 0 Å². The second-order valence-electron chi connectivity index (χ2n) is 4.23. The smallest absolute Gasteiger partial charge is 0.0502 e. The van der Waals surface area contributed by atoms with Gasteiger partial charge in [-0.25, -0.2) is 0 Å². The van der Waals surface area contributed by atoms with Crippen LogP contribution in [0.1, 0.15) is 13.0 Å². The lowest BCUT2D eigenvalue weighted by Crippen LogP contribution is -1.99. The minimum atomic E-state index is 0. The number of hydrogen-bond acceptors (Lipinski definition) is 2. The molecule has 123 valence electrons. The van der Waals surface area contributed by atoms with E-state index in [1.807, 2.05) is 37.3 Å². The van der Waals surface area contributed by atoms with Gasteiger partial charge >= 0.3 is 0 Å². The molecule has 0 fully saturated rings. The summed E-state index contributed by atoms with van der Waals surface area (Å²) in [7, 11) is 0. The van der Waals surface area contributed by atoms with E-state index < -0.39 is 0 Å². The second kappa shape index (κ2) is 16.2. The number of rotatable bonds is 3. The van der Waals surface area contributed by atoms with Crippen LogP contribution in [0.5, 0.6) is 0 Å². The van der Waals surface area contributed by atoms with Crippen molar-refractivity contribution >= 4 is 5.69 Å². The molecular formula is C22H25N2. The Morgan fingerprint density at radius 1 is 1.17 bits per heavy atom. The van der Waals surface area contributed by atoms with Crippen molar-refractivity contribution in [3.8, 4) is 0 Å². The molecule has 2 nitrogen and oxygen atoms in total. The summed E-state index contributed by atoms with van der Waals surface area (Å²) in [4.78, 5) is 0. The topological polar surface area (TPSA) is 52.0 Å². The summed E-state index contributed by atoms with van der Waals surface area (Å²) in [6.07, 6.45) is 9.46. The van der Waals surface area contributed by atoms with Gasteiger partial charge in [0.1, 0.15) is 0 Å². The molecular weight excluding hydrogens is 292 g/mol. The molecule has 0 spiro atoms. The van der Waals surface area contributed by atoms with Gasteiger partial charge in [-0.3, -0.25) is 0 Å². The normalized spacial score (nSPS) is 9.67. The fraction of sp³-hybridized carbons (Fsp3) is 0.136. The first-order chi connectivity index (χ1) is 11.1. The average Bonchev–Trinajstić information content (AvgIpc) is 2.86. The van der Waals surface area contributed by atoms with Gasteiger partial charge in [0.15, 0.2) is 0 Å². The van der Waals surface area contributed by atoms with Crippen molar-refractivity contribution in [2.45, 2.75) is 14.4 Å². The number of benzene rings is 1. The van der Waals surface area contributed by atoms with Crippen LogP contribution >= 0.6 is 0 Å². The minimum absolute atomic E-state index is 0. The number of hydrogen-bond donors (Lipinski definition) is 2. The molecule has 0 saturated heterocycles. The van der Waals surface area contributed by atoms with Crippen molar-refractivity contribution in [1.82, 2.24) is 0 Å². The van der Waals surface area contributed by atoms with Crippen LogP contribution in [0.2, 0.25) is 0 Å². The van der Waals surface area contributed by atoms with Gasteiger partial charge in [0, 0.05) is 18.3 Å². The third kappa shape index (κ3) is 13.8. The Balaban J connectivity index is 0. The largest absolute Gasteiger partial charge is 0.399 e. The van der Waals surface area contributed by atoms with E-state index in [1.165, 1.54) is 5.56 Å². The molecule has 0 aliphatic heterocycles. The molecule has 0 aromatic heterocycles. The maximum absolute atomic E-state index is 5.46. The fourth-order valence-corrected chi connectivity index (χ4v) is 1.28. The van der Waals surface area contributed by atoms with Crippen LogP contribution < -0.4 is 11.5 Å². The molecule has 0 heterocycles. The highest BCUT2D eigenvalue weighted by Gasteiger charge is 1.81. The number of nitrogens with two attached hydrogens (primary N) is 2. The van der Waals surface area contributed by atoms with Gasteiger partial charge in [0.25, 0.3) is 0 Å². The Bertz CT molecular complexity index is 706. The molecule has 1 radical (unpaired) electrons. The predicted octanol–water partition coefficient (Wildman–Crippen LogP) is 4.59. The highest BCUT2D eigenvalue weighted by molar-refractivity contribution is 5.39. The zero-order chi connectivity index (χ0) is 17.3. The molecule has 0 amide bonds. The van der Waals surface area contributed by atoms with E-state index in [9.17, 15) is 0 Å². The summed E-state index contributed by atoms with van der Waals surface area (Å²) in [5.74, 6) is 0. The standard InChI is InChI=1S/C7H9N.C7H11N.C7H.CH4/c1-6-3-2-4-7(8)5-6;1-3-5-7(4-2)6-8;1-2-4-6-7-5-3-1;/h2-5H,8H2,1H3;3-5H,1-2,6,8H2;1H;1H4/b;7-5+;;. The minimum Gasteiger partial charge on any atom is -0.399 e. The summed E-state index contributed by atoms with van der Waals surface area (Å²) in [5.41, 5.74) is 26.6. The lowest BCUT2D eigenvalue weighted by Gasteiger charge is -1.91. The van der Waals surface area contributed by atoms with E-state index in [1.54, 1.807) is 18.2 Å². The van der Waals surface area contributed by atoms with Crippen molar-refractivity contribution in [3.63, 3.8) is 0 Å². The van der Waals surface area contributed by atoms with E-state index >= 15 is 0 Å². The molecule has 2 heteroatoms. The zero-order valence-electron chi connectivity index (χ0n) is 13.4. The lowest BCUT2D eigenvalue weighted by atomic mass is 10.2. The summed E-state index contributed by atoms with van der Waals surface area (Å²) in [6, 6.07) is 7.80. The molecule has 2 rings (SSSR count). The molecule has 0 unspecified atom stereocenters. The number of anilines is 1. The van der Waals surface area contributed by atoms with E-state index in [2.05, 4.69) is 47.9 Å². The van der Waals surface area contributed by atoms with Gasteiger partial charge in [-0.1, -0.05) is 62.4 Å². The third-order valence-electron chi connectivity index (χ3n) is 2.35. The third-order valence-corrected chi connectivity index (χ3v) is 2.35. The predicted molar refractivity (Wildman–Crippen MR) is 105 cm³/mol. The molecule has 1 aliphatic rings. The van der Waals surface area contributed by atoms with Crippen molar-refractivity contribution in [3.05, 3.63) is 108 Å². The molecule has 1 aromatic rings. The van der Waals surface area contributed by atoms with Gasteiger partial charge in [-0.15, -0.1) is 0 Å². The van der Waals surface area contributed by atoms with Crippen molar-refractivity contribution in [2.75, 3.05) is 12.3 Å². The highest BCUT2D eigenvalue weighted by Crippen LogP contribution is 2.03. The van der Waals surface area contributed by atoms with Gasteiger partial charge in [-0.2, -0.15) is 0 Å². The SMILES string of the molecule is C.C=C/C=C(\C=C)CN.Cc1cccc(N)c1.[C]1=C=C=C=C=C=C1. The van der Waals surface area contributed by atoms with Gasteiger partial charge in [0.2, 0.25) is 0 Å². The molecule has 0 bridgehead atoms. The number of allylic oxidation sites excluding steroid dienone is 4. The molecule has 4 N–H and O–H groups in total. The first-order valence-electron chi connectivity index (χ1n) is 6.93. The van der Waals surface area contributed by atoms with Crippen molar-refractivity contribution in [1.29, 1.82) is 0 Å². The van der Waals surface area contributed by atoms with Crippen LogP contribution in [-0.2, 0) is 0 Å². The van der Waals surface area contributed by atoms with Crippen LogP contribution in [-0.4, -0.2) is 6.54 Å². The summed E-state index contributed by atoms with van der Waals surface area (Å²) < 4.78 is 0. The Labute approximate surface area is 146 Å². The summed E-state index contributed by atoms with van der Waals surface area (Å²) >= 11 is 0. The maximum Gasteiger partial charge on any atom is 0.0502 e. The monoisotopic (exact) mass is 317 g/mol. The Morgan fingerprint density at radius 2 is 1.88 bits per heavy atom. The number of aryl methyl sites for hydroxylation is 1. The zero-order valence-corrected chi connectivity index (χ0v) is 13.4. The highest BCUT2D eigenvalue weighted by atomic mass is 14.5. The summed E-state index contributed by atoms with van der Waals surface area (Å²) in [6.45, 7) is 9.63. The molecule has 24 heavy (non-hydrogen) atoms. The Kier molecular flexibility index (Phi) is 15.6. The van der Waals surface area contributed by atoms with Crippen molar-refractivity contribution in [2.24, 2.45) is 5.73 Å². The average molecular weight is 317 g/mol.